The van der Waals surface area contributed by atoms with Gasteiger partial charge in [0.1, 0.15) is 24.6 Å². The van der Waals surface area contributed by atoms with E-state index in [1.165, 1.54) is 14.7 Å². The van der Waals surface area contributed by atoms with E-state index < -0.39 is 12.3 Å². The van der Waals surface area contributed by atoms with Crippen LogP contribution in [0.1, 0.15) is 31.2 Å². The number of hydrogen-bond acceptors (Lipinski definition) is 4. The van der Waals surface area contributed by atoms with E-state index >= 15 is 0 Å². The van der Waals surface area contributed by atoms with Crippen molar-refractivity contribution in [3.05, 3.63) is 29.8 Å². The third kappa shape index (κ3) is 3.53. The molecular weight excluding hydrogens is 386 g/mol. The predicted molar refractivity (Wildman–Crippen MR) is 110 cm³/mol. The minimum absolute atomic E-state index is 0.0505. The molecule has 4 rings (SSSR count). The van der Waals surface area contributed by atoms with E-state index in [2.05, 4.69) is 5.32 Å². The fourth-order valence-electron chi connectivity index (χ4n) is 4.74. The Balaban J connectivity index is 1.51. The van der Waals surface area contributed by atoms with Crippen LogP contribution in [0.15, 0.2) is 24.3 Å². The minimum Gasteiger partial charge on any atom is -0.497 e. The Morgan fingerprint density at radius 1 is 1.13 bits per heavy atom. The summed E-state index contributed by atoms with van der Waals surface area (Å²) in [4.78, 5) is 44.6. The van der Waals surface area contributed by atoms with Crippen molar-refractivity contribution in [3.8, 4) is 5.75 Å². The molecule has 1 N–H and O–H groups in total. The Kier molecular flexibility index (Phi) is 5.44. The molecule has 2 aliphatic heterocycles. The molecule has 0 radical (unpaired) electrons. The fraction of sp³-hybridized carbons (Fsp3) is 0.571. The average Bonchev–Trinajstić information content (AvgIpc) is 3.43. The molecule has 1 aromatic carbocycles. The van der Waals surface area contributed by atoms with Crippen molar-refractivity contribution in [2.75, 3.05) is 27.7 Å². The van der Waals surface area contributed by atoms with Crippen molar-refractivity contribution < 1.29 is 19.1 Å². The number of methoxy groups -OCH3 is 1. The normalized spacial score (nSPS) is 23.8. The monoisotopic (exact) mass is 415 g/mol. The van der Waals surface area contributed by atoms with E-state index in [0.29, 0.717) is 6.54 Å². The van der Waals surface area contributed by atoms with Crippen LogP contribution in [0.3, 0.4) is 0 Å². The van der Waals surface area contributed by atoms with E-state index in [9.17, 15) is 14.4 Å². The molecule has 0 aromatic heterocycles. The van der Waals surface area contributed by atoms with Gasteiger partial charge in [-0.2, -0.15) is 0 Å². The summed E-state index contributed by atoms with van der Waals surface area (Å²) in [6, 6.07) is 7.39. The van der Waals surface area contributed by atoms with Gasteiger partial charge in [-0.15, -0.1) is 0 Å². The molecule has 2 saturated heterocycles. The van der Waals surface area contributed by atoms with Crippen molar-refractivity contribution in [1.82, 2.24) is 24.9 Å². The molecule has 2 atom stereocenters. The molecule has 1 aromatic rings. The van der Waals surface area contributed by atoms with Crippen molar-refractivity contribution in [1.29, 1.82) is 0 Å². The topological polar surface area (TPSA) is 85.4 Å². The van der Waals surface area contributed by atoms with E-state index in [-0.39, 0.29) is 30.6 Å². The van der Waals surface area contributed by atoms with Crippen LogP contribution in [-0.2, 0) is 11.3 Å². The average molecular weight is 415 g/mol. The molecule has 0 spiro atoms. The van der Waals surface area contributed by atoms with Gasteiger partial charge < -0.3 is 24.8 Å². The van der Waals surface area contributed by atoms with Crippen LogP contribution >= 0.6 is 0 Å². The molecule has 2 heterocycles. The summed E-state index contributed by atoms with van der Waals surface area (Å²) >= 11 is 0. The smallest absolute Gasteiger partial charge is 0.323 e. The van der Waals surface area contributed by atoms with Crippen LogP contribution in [0, 0.1) is 0 Å². The van der Waals surface area contributed by atoms with Gasteiger partial charge in [-0.25, -0.2) is 9.59 Å². The maximum atomic E-state index is 13.4. The second-order valence-corrected chi connectivity index (χ2v) is 8.25. The highest BCUT2D eigenvalue weighted by atomic mass is 16.5. The van der Waals surface area contributed by atoms with Gasteiger partial charge in [-0.3, -0.25) is 9.69 Å². The van der Waals surface area contributed by atoms with Gasteiger partial charge in [0.05, 0.1) is 7.11 Å². The number of fused-ring (bicyclic) bond motifs is 1. The second kappa shape index (κ2) is 8.04. The van der Waals surface area contributed by atoms with Crippen molar-refractivity contribution in [2.45, 2.75) is 50.6 Å². The van der Waals surface area contributed by atoms with E-state index in [4.69, 9.17) is 4.74 Å². The second-order valence-electron chi connectivity index (χ2n) is 8.25. The van der Waals surface area contributed by atoms with Crippen molar-refractivity contribution >= 4 is 18.0 Å². The summed E-state index contributed by atoms with van der Waals surface area (Å²) in [5.74, 6) is 0.680. The Morgan fingerprint density at radius 3 is 2.43 bits per heavy atom. The maximum absolute atomic E-state index is 13.4. The summed E-state index contributed by atoms with van der Waals surface area (Å²) < 4.78 is 5.22. The number of carbonyl (C=O) groups is 3. The van der Waals surface area contributed by atoms with Crippen LogP contribution < -0.4 is 10.1 Å². The molecule has 162 valence electrons. The zero-order valence-corrected chi connectivity index (χ0v) is 17.7. The van der Waals surface area contributed by atoms with Crippen LogP contribution in [0.4, 0.5) is 9.59 Å². The molecule has 9 nitrogen and oxygen atoms in total. The standard InChI is InChI=1S/C21H29N5O4/c1-23-18-19(24(2)21(23)29)26(20(28)22-18)13-17(27)25(15-6-4-5-7-15)12-14-8-10-16(30-3)11-9-14/h8-11,15,18-19H,4-7,12-13H2,1-3H3,(H,22,28)/t18-,19+/m1/s1. The van der Waals surface area contributed by atoms with Crippen molar-refractivity contribution in [3.63, 3.8) is 0 Å². The summed E-state index contributed by atoms with van der Waals surface area (Å²) in [6.07, 6.45) is 3.24. The van der Waals surface area contributed by atoms with E-state index in [1.807, 2.05) is 29.2 Å². The Labute approximate surface area is 176 Å². The van der Waals surface area contributed by atoms with Gasteiger partial charge in [-0.1, -0.05) is 25.0 Å². The Hall–Kier alpha value is -2.97. The SMILES string of the molecule is COc1ccc(CN(C(=O)CN2C(=O)N[C@H]3[C@H]2N(C)C(=O)N3C)C2CCCC2)cc1. The number of rotatable bonds is 6. The third-order valence-electron chi connectivity index (χ3n) is 6.45. The zero-order chi connectivity index (χ0) is 21.4. The third-order valence-corrected chi connectivity index (χ3v) is 6.45. The fourth-order valence-corrected chi connectivity index (χ4v) is 4.74. The summed E-state index contributed by atoms with van der Waals surface area (Å²) in [5, 5.41) is 2.82. The summed E-state index contributed by atoms with van der Waals surface area (Å²) in [7, 11) is 4.94. The molecular formula is C21H29N5O4. The highest BCUT2D eigenvalue weighted by Crippen LogP contribution is 2.29. The van der Waals surface area contributed by atoms with Crippen LogP contribution in [0.5, 0.6) is 5.75 Å². The lowest BCUT2D eigenvalue weighted by atomic mass is 10.1. The van der Waals surface area contributed by atoms with Crippen LogP contribution in [0.2, 0.25) is 0 Å². The number of nitrogens with zero attached hydrogens (tertiary/aromatic N) is 4. The number of ether oxygens (including phenoxy) is 1. The van der Waals surface area contributed by atoms with Gasteiger partial charge in [0.15, 0.2) is 0 Å². The molecule has 5 amide bonds. The number of amides is 5. The number of nitrogens with one attached hydrogen (secondary N) is 1. The lowest BCUT2D eigenvalue weighted by Gasteiger charge is -2.33. The number of benzene rings is 1. The first-order valence-corrected chi connectivity index (χ1v) is 10.4. The van der Waals surface area contributed by atoms with Gasteiger partial charge in [0, 0.05) is 26.7 Å². The Bertz CT molecular complexity index is 823. The lowest BCUT2D eigenvalue weighted by Crippen LogP contribution is -2.50. The van der Waals surface area contributed by atoms with E-state index in [1.54, 1.807) is 21.2 Å². The first kappa shape index (κ1) is 20.3. The number of hydrogen-bond donors (Lipinski definition) is 1. The van der Waals surface area contributed by atoms with E-state index in [0.717, 1.165) is 37.0 Å². The molecule has 1 aliphatic carbocycles. The van der Waals surface area contributed by atoms with Gasteiger partial charge in [0.2, 0.25) is 5.91 Å². The van der Waals surface area contributed by atoms with Gasteiger partial charge >= 0.3 is 12.1 Å². The molecule has 1 saturated carbocycles. The number of carbonyl (C=O) groups excluding carboxylic acids is 3. The highest BCUT2D eigenvalue weighted by Gasteiger charge is 2.53. The maximum Gasteiger partial charge on any atom is 0.323 e. The van der Waals surface area contributed by atoms with Crippen LogP contribution in [0.25, 0.3) is 0 Å². The molecule has 9 heteroatoms. The zero-order valence-electron chi connectivity index (χ0n) is 17.7. The number of likely N-dealkylation sites (N-methyl/N-ethyl adjacent to an activating group) is 2. The molecule has 3 aliphatic rings. The lowest BCUT2D eigenvalue weighted by molar-refractivity contribution is -0.135. The molecule has 0 unspecified atom stereocenters. The highest BCUT2D eigenvalue weighted by molar-refractivity contribution is 5.89. The quantitative estimate of drug-likeness (QED) is 0.766. The van der Waals surface area contributed by atoms with Gasteiger partial charge in [-0.05, 0) is 30.5 Å². The molecule has 30 heavy (non-hydrogen) atoms. The molecule has 3 fully saturated rings. The predicted octanol–water partition coefficient (Wildman–Crippen LogP) is 1.64. The summed E-state index contributed by atoms with van der Waals surface area (Å²) in [6.45, 7) is 0.441. The summed E-state index contributed by atoms with van der Waals surface area (Å²) in [5.41, 5.74) is 1.02. The van der Waals surface area contributed by atoms with Crippen molar-refractivity contribution in [2.24, 2.45) is 0 Å². The Morgan fingerprint density at radius 2 is 1.80 bits per heavy atom. The van der Waals surface area contributed by atoms with Crippen LogP contribution in [-0.4, -0.2) is 83.7 Å². The number of urea groups is 2. The first-order valence-electron chi connectivity index (χ1n) is 10.4. The molecule has 0 bridgehead atoms. The first-order chi connectivity index (χ1) is 14.4. The minimum atomic E-state index is -0.481. The largest absolute Gasteiger partial charge is 0.497 e. The van der Waals surface area contributed by atoms with Gasteiger partial charge in [0.25, 0.3) is 0 Å².